The zero-order chi connectivity index (χ0) is 30.2. The van der Waals surface area contributed by atoms with Crippen LogP contribution in [0.1, 0.15) is 56.5 Å². The number of hydrogen-bond donors (Lipinski definition) is 0. The molecule has 2 aromatic carbocycles. The van der Waals surface area contributed by atoms with E-state index in [9.17, 15) is 18.4 Å². The summed E-state index contributed by atoms with van der Waals surface area (Å²) >= 11 is 0. The van der Waals surface area contributed by atoms with Crippen LogP contribution >= 0.6 is 0 Å². The fraction of sp³-hybridized carbons (Fsp3) is 0.406. The highest BCUT2D eigenvalue weighted by molar-refractivity contribution is 5.77. The Morgan fingerprint density at radius 2 is 1.81 bits per heavy atom. The molecule has 0 bridgehead atoms. The number of anilines is 1. The topological polar surface area (TPSA) is 81.2 Å². The lowest BCUT2D eigenvalue weighted by Gasteiger charge is -2.33. The highest BCUT2D eigenvalue weighted by Gasteiger charge is 2.40. The summed E-state index contributed by atoms with van der Waals surface area (Å²) in [6.45, 7) is 7.67. The molecule has 0 spiro atoms. The normalized spacial score (nSPS) is 18.5. The second-order valence-corrected chi connectivity index (χ2v) is 11.4. The van der Waals surface area contributed by atoms with Gasteiger partial charge in [0.1, 0.15) is 17.7 Å². The Hall–Kier alpha value is -4.21. The van der Waals surface area contributed by atoms with Crippen molar-refractivity contribution in [2.75, 3.05) is 32.2 Å². The van der Waals surface area contributed by atoms with Gasteiger partial charge < -0.3 is 19.1 Å². The molecule has 2 atom stereocenters. The fourth-order valence-electron chi connectivity index (χ4n) is 5.46. The predicted octanol–water partition coefficient (Wildman–Crippen LogP) is 6.17. The van der Waals surface area contributed by atoms with Crippen molar-refractivity contribution in [1.82, 2.24) is 9.88 Å². The Bertz CT molecular complexity index is 1510. The van der Waals surface area contributed by atoms with E-state index in [1.165, 1.54) is 13.2 Å². The third-order valence-corrected chi connectivity index (χ3v) is 8.21. The number of hydrogen-bond acceptors (Lipinski definition) is 7. The molecule has 3 heterocycles. The predicted molar refractivity (Wildman–Crippen MR) is 153 cm³/mol. The number of pyridine rings is 1. The van der Waals surface area contributed by atoms with Crippen molar-refractivity contribution in [2.24, 2.45) is 0 Å². The van der Waals surface area contributed by atoms with E-state index in [1.54, 1.807) is 12.0 Å². The van der Waals surface area contributed by atoms with Crippen molar-refractivity contribution in [2.45, 2.75) is 57.7 Å². The molecular formula is C32H35F2N3O5. The summed E-state index contributed by atoms with van der Waals surface area (Å²) in [6, 6.07) is 12.8. The van der Waals surface area contributed by atoms with Crippen molar-refractivity contribution in [3.8, 4) is 16.9 Å². The smallest absolute Gasteiger partial charge is 0.411 e. The Kier molecular flexibility index (Phi) is 8.08. The van der Waals surface area contributed by atoms with Gasteiger partial charge in [-0.05, 0) is 60.9 Å². The number of amides is 1. The van der Waals surface area contributed by atoms with Crippen molar-refractivity contribution < 1.29 is 32.6 Å². The first kappa shape index (κ1) is 29.3. The van der Waals surface area contributed by atoms with E-state index in [1.807, 2.05) is 51.1 Å². The molecule has 0 aliphatic carbocycles. The fourth-order valence-corrected chi connectivity index (χ4v) is 5.46. The lowest BCUT2D eigenvalue weighted by atomic mass is 9.80. The Morgan fingerprint density at radius 3 is 2.45 bits per heavy atom. The molecule has 8 nitrogen and oxygen atoms in total. The highest BCUT2D eigenvalue weighted by Crippen LogP contribution is 2.40. The third-order valence-electron chi connectivity index (χ3n) is 8.21. The number of carbonyl (C=O) groups excluding carboxylic acids is 2. The molecule has 222 valence electrons. The van der Waals surface area contributed by atoms with Gasteiger partial charge in [-0.15, -0.1) is 0 Å². The number of nitrogens with zero attached hydrogens (tertiary/aromatic N) is 3. The van der Waals surface area contributed by atoms with Crippen LogP contribution in [0.25, 0.3) is 11.1 Å². The summed E-state index contributed by atoms with van der Waals surface area (Å²) in [5, 5.41) is 0. The van der Waals surface area contributed by atoms with Gasteiger partial charge in [0.15, 0.2) is 11.6 Å². The molecule has 0 saturated carbocycles. The van der Waals surface area contributed by atoms with Gasteiger partial charge >= 0.3 is 12.1 Å². The number of halogens is 2. The molecule has 2 fully saturated rings. The lowest BCUT2D eigenvalue weighted by molar-refractivity contribution is -0.141. The number of carbonyl (C=O) groups is 2. The van der Waals surface area contributed by atoms with Crippen molar-refractivity contribution in [3.05, 3.63) is 77.0 Å². The molecule has 3 aromatic rings. The van der Waals surface area contributed by atoms with Gasteiger partial charge in [-0.25, -0.2) is 18.6 Å². The zero-order valence-electron chi connectivity index (χ0n) is 24.4. The molecule has 0 unspecified atom stereocenters. The van der Waals surface area contributed by atoms with Gasteiger partial charge in [0.2, 0.25) is 0 Å². The van der Waals surface area contributed by atoms with Crippen LogP contribution in [0.4, 0.5) is 19.4 Å². The molecule has 1 aromatic heterocycles. The molecule has 42 heavy (non-hydrogen) atoms. The maximum Gasteiger partial charge on any atom is 0.411 e. The van der Waals surface area contributed by atoms with E-state index in [0.29, 0.717) is 17.0 Å². The lowest BCUT2D eigenvalue weighted by Crippen LogP contribution is -2.38. The molecule has 1 amide bonds. The van der Waals surface area contributed by atoms with Crippen LogP contribution < -0.4 is 9.64 Å². The van der Waals surface area contributed by atoms with Crippen LogP contribution in [0.15, 0.2) is 48.5 Å². The third kappa shape index (κ3) is 5.62. The van der Waals surface area contributed by atoms with E-state index in [2.05, 4.69) is 4.90 Å². The monoisotopic (exact) mass is 579 g/mol. The first-order valence-electron chi connectivity index (χ1n) is 13.9. The summed E-state index contributed by atoms with van der Waals surface area (Å²) < 4.78 is 43.9. The SMILES string of the molecule is COC(=O)CC(C)(C)c1ccc(OC)c(-c2ccc(N3CCC3)nc2CN2C(=O)O[C@H](c3ccc(F)c(F)c3)[C@@H]2C)c1. The van der Waals surface area contributed by atoms with Crippen molar-refractivity contribution >= 4 is 17.9 Å². The minimum atomic E-state index is -0.998. The van der Waals surface area contributed by atoms with E-state index in [-0.39, 0.29) is 18.9 Å². The number of methoxy groups -OCH3 is 2. The van der Waals surface area contributed by atoms with Gasteiger partial charge in [-0.3, -0.25) is 9.69 Å². The maximum atomic E-state index is 14.0. The minimum Gasteiger partial charge on any atom is -0.496 e. The quantitative estimate of drug-likeness (QED) is 0.281. The summed E-state index contributed by atoms with van der Waals surface area (Å²) in [5.41, 5.74) is 2.93. The van der Waals surface area contributed by atoms with Crippen molar-refractivity contribution in [1.29, 1.82) is 0 Å². The second-order valence-electron chi connectivity index (χ2n) is 11.4. The molecule has 2 aliphatic heterocycles. The summed E-state index contributed by atoms with van der Waals surface area (Å²) in [4.78, 5) is 34.0. The number of esters is 1. The first-order chi connectivity index (χ1) is 20.0. The molecule has 2 aliphatic rings. The molecule has 0 N–H and O–H groups in total. The van der Waals surface area contributed by atoms with Gasteiger partial charge in [-0.1, -0.05) is 26.0 Å². The number of benzene rings is 2. The van der Waals surface area contributed by atoms with E-state index >= 15 is 0 Å². The number of cyclic esters (lactones) is 1. The molecule has 0 radical (unpaired) electrons. The Labute approximate surface area is 244 Å². The molecular weight excluding hydrogens is 544 g/mol. The van der Waals surface area contributed by atoms with Crippen LogP contribution in [-0.2, 0) is 26.2 Å². The average molecular weight is 580 g/mol. The minimum absolute atomic E-state index is 0.121. The highest BCUT2D eigenvalue weighted by atomic mass is 19.2. The van der Waals surface area contributed by atoms with E-state index in [0.717, 1.165) is 54.2 Å². The number of rotatable bonds is 9. The molecule has 10 heteroatoms. The van der Waals surface area contributed by atoms with Crippen LogP contribution in [0.2, 0.25) is 0 Å². The molecule has 5 rings (SSSR count). The van der Waals surface area contributed by atoms with Gasteiger partial charge in [0.05, 0.1) is 38.9 Å². The Morgan fingerprint density at radius 1 is 1.05 bits per heavy atom. The number of aromatic nitrogens is 1. The second kappa shape index (κ2) is 11.6. The Balaban J connectivity index is 1.54. The van der Waals surface area contributed by atoms with Gasteiger partial charge in [0.25, 0.3) is 0 Å². The maximum absolute atomic E-state index is 14.0. The van der Waals surface area contributed by atoms with Crippen LogP contribution in [0.3, 0.4) is 0 Å². The average Bonchev–Trinajstić information content (AvgIpc) is 3.21. The standard InChI is InChI=1S/C32H35F2N3O5/c1-19-30(20-7-10-24(33)25(34)15-20)42-31(39)37(19)18-26-22(9-12-28(35-26)36-13-6-14-36)23-16-21(8-11-27(23)40-4)32(2,3)17-29(38)41-5/h7-12,15-16,19,30H,6,13-14,17-18H2,1-5H3/t19-,30-/m0/s1. The molecule has 2 saturated heterocycles. The summed E-state index contributed by atoms with van der Waals surface area (Å²) in [5.74, 6) is -0.851. The summed E-state index contributed by atoms with van der Waals surface area (Å²) in [7, 11) is 2.96. The number of ether oxygens (including phenoxy) is 3. The first-order valence-corrected chi connectivity index (χ1v) is 13.9. The van der Waals surface area contributed by atoms with E-state index < -0.39 is 35.3 Å². The van der Waals surface area contributed by atoms with Gasteiger partial charge in [-0.2, -0.15) is 0 Å². The summed E-state index contributed by atoms with van der Waals surface area (Å²) in [6.07, 6.45) is -0.0719. The van der Waals surface area contributed by atoms with E-state index in [4.69, 9.17) is 19.2 Å². The van der Waals surface area contributed by atoms with Gasteiger partial charge in [0, 0.05) is 29.6 Å². The largest absolute Gasteiger partial charge is 0.496 e. The zero-order valence-corrected chi connectivity index (χ0v) is 24.4. The van der Waals surface area contributed by atoms with Crippen LogP contribution in [-0.4, -0.2) is 55.3 Å². The van der Waals surface area contributed by atoms with Crippen molar-refractivity contribution in [3.63, 3.8) is 0 Å². The van der Waals surface area contributed by atoms with Crippen LogP contribution in [0.5, 0.6) is 5.75 Å². The van der Waals surface area contributed by atoms with Crippen LogP contribution in [0, 0.1) is 11.6 Å².